The summed E-state index contributed by atoms with van der Waals surface area (Å²) in [7, 11) is 1.42. The Labute approximate surface area is 83.1 Å². The van der Waals surface area contributed by atoms with E-state index in [9.17, 15) is 18.3 Å². The van der Waals surface area contributed by atoms with E-state index in [4.69, 9.17) is 11.6 Å². The lowest BCUT2D eigenvalue weighted by Crippen LogP contribution is -2.16. The quantitative estimate of drug-likeness (QED) is 0.842. The second kappa shape index (κ2) is 3.78. The first-order chi connectivity index (χ1) is 6.31. The van der Waals surface area contributed by atoms with Crippen LogP contribution < -0.4 is 0 Å². The fourth-order valence-corrected chi connectivity index (χ4v) is 1.40. The molecule has 0 bridgehead atoms. The van der Waals surface area contributed by atoms with Crippen LogP contribution in [0.2, 0.25) is 5.02 Å². The maximum absolute atomic E-state index is 11.9. The van der Waals surface area contributed by atoms with E-state index in [1.54, 1.807) is 0 Å². The number of rotatable bonds is 2. The monoisotopic (exact) mass is 228 g/mol. The summed E-state index contributed by atoms with van der Waals surface area (Å²) in [4.78, 5) is 0. The molecule has 1 N–H and O–H groups in total. The zero-order valence-corrected chi connectivity index (χ0v) is 7.97. The average Bonchev–Trinajstić information content (AvgIpc) is 2.27. The molecule has 0 saturated heterocycles. The Morgan fingerprint density at radius 3 is 2.57 bits per heavy atom. The molecule has 0 amide bonds. The molecule has 0 aliphatic carbocycles. The van der Waals surface area contributed by atoms with Crippen molar-refractivity contribution in [2.45, 2.75) is 18.7 Å². The molecule has 0 aliphatic heterocycles. The van der Waals surface area contributed by atoms with Crippen LogP contribution in [0.3, 0.4) is 0 Å². The summed E-state index contributed by atoms with van der Waals surface area (Å²) in [6, 6.07) is 0. The molecule has 80 valence electrons. The van der Waals surface area contributed by atoms with Gasteiger partial charge >= 0.3 is 6.18 Å². The summed E-state index contributed by atoms with van der Waals surface area (Å²) < 4.78 is 36.9. The third-order valence-electron chi connectivity index (χ3n) is 1.68. The molecule has 0 radical (unpaired) electrons. The molecule has 1 unspecified atom stereocenters. The summed E-state index contributed by atoms with van der Waals surface area (Å²) in [5.74, 6) is 0. The van der Waals surface area contributed by atoms with Crippen molar-refractivity contribution in [1.82, 2.24) is 9.78 Å². The third kappa shape index (κ3) is 2.62. The Balaban J connectivity index is 2.84. The van der Waals surface area contributed by atoms with Crippen LogP contribution in [-0.4, -0.2) is 21.1 Å². The minimum Gasteiger partial charge on any atom is -0.386 e. The Hall–Kier alpha value is -0.750. The minimum atomic E-state index is -4.42. The standard InChI is InChI=1S/C7H8ClF3N2O/c1-13-6(4(8)3-12-13)5(14)2-7(9,10)11/h3,5,14H,2H2,1H3. The van der Waals surface area contributed by atoms with Crippen molar-refractivity contribution in [1.29, 1.82) is 0 Å². The molecule has 0 spiro atoms. The first kappa shape index (κ1) is 11.3. The van der Waals surface area contributed by atoms with Gasteiger partial charge in [-0.2, -0.15) is 18.3 Å². The van der Waals surface area contributed by atoms with Crippen LogP contribution in [-0.2, 0) is 7.05 Å². The molecule has 1 aromatic rings. The van der Waals surface area contributed by atoms with Crippen LogP contribution in [0.4, 0.5) is 13.2 Å². The maximum atomic E-state index is 11.9. The second-order valence-corrected chi connectivity index (χ2v) is 3.24. The zero-order chi connectivity index (χ0) is 10.9. The van der Waals surface area contributed by atoms with Crippen LogP contribution in [0.1, 0.15) is 18.2 Å². The lowest BCUT2D eigenvalue weighted by molar-refractivity contribution is -0.154. The molecule has 14 heavy (non-hydrogen) atoms. The van der Waals surface area contributed by atoms with Crippen molar-refractivity contribution < 1.29 is 18.3 Å². The molecule has 0 saturated carbocycles. The van der Waals surface area contributed by atoms with Gasteiger partial charge in [-0.1, -0.05) is 11.6 Å². The van der Waals surface area contributed by atoms with Gasteiger partial charge in [-0.25, -0.2) is 0 Å². The molecule has 3 nitrogen and oxygen atoms in total. The van der Waals surface area contributed by atoms with Crippen LogP contribution >= 0.6 is 11.6 Å². The molecule has 1 aromatic heterocycles. The van der Waals surface area contributed by atoms with E-state index < -0.39 is 18.7 Å². The van der Waals surface area contributed by atoms with Crippen LogP contribution in [0, 0.1) is 0 Å². The number of aromatic nitrogens is 2. The highest BCUT2D eigenvalue weighted by Crippen LogP contribution is 2.32. The van der Waals surface area contributed by atoms with Gasteiger partial charge in [-0.15, -0.1) is 0 Å². The molecule has 1 atom stereocenters. The van der Waals surface area contributed by atoms with Gasteiger partial charge in [-0.3, -0.25) is 4.68 Å². The van der Waals surface area contributed by atoms with E-state index in [0.29, 0.717) is 0 Å². The van der Waals surface area contributed by atoms with Gasteiger partial charge in [0.25, 0.3) is 0 Å². The number of aryl methyl sites for hydroxylation is 1. The van der Waals surface area contributed by atoms with E-state index in [2.05, 4.69) is 5.10 Å². The molecule has 0 aromatic carbocycles. The average molecular weight is 229 g/mol. The van der Waals surface area contributed by atoms with Crippen molar-refractivity contribution >= 4 is 11.6 Å². The van der Waals surface area contributed by atoms with E-state index >= 15 is 0 Å². The molecule has 7 heteroatoms. The smallest absolute Gasteiger partial charge is 0.386 e. The number of hydrogen-bond acceptors (Lipinski definition) is 2. The maximum Gasteiger partial charge on any atom is 0.391 e. The number of aliphatic hydroxyl groups excluding tert-OH is 1. The molecule has 0 fully saturated rings. The normalized spacial score (nSPS) is 14.4. The van der Waals surface area contributed by atoms with Gasteiger partial charge in [0.2, 0.25) is 0 Å². The largest absolute Gasteiger partial charge is 0.391 e. The summed E-state index contributed by atoms with van der Waals surface area (Å²) in [6.07, 6.45) is -6.23. The van der Waals surface area contributed by atoms with E-state index in [1.807, 2.05) is 0 Å². The molecule has 1 heterocycles. The van der Waals surface area contributed by atoms with Crippen molar-refractivity contribution in [2.75, 3.05) is 0 Å². The highest BCUT2D eigenvalue weighted by atomic mass is 35.5. The lowest BCUT2D eigenvalue weighted by atomic mass is 10.2. The van der Waals surface area contributed by atoms with Crippen LogP contribution in [0.5, 0.6) is 0 Å². The van der Waals surface area contributed by atoms with Gasteiger partial charge in [0.1, 0.15) is 6.10 Å². The van der Waals surface area contributed by atoms with Gasteiger partial charge in [0.15, 0.2) is 0 Å². The minimum absolute atomic E-state index is 0.0241. The first-order valence-electron chi connectivity index (χ1n) is 3.73. The Kier molecular flexibility index (Phi) is 3.06. The first-order valence-corrected chi connectivity index (χ1v) is 4.11. The number of aliphatic hydroxyl groups is 1. The van der Waals surface area contributed by atoms with Crippen LogP contribution in [0.15, 0.2) is 6.20 Å². The predicted molar refractivity (Wildman–Crippen MR) is 43.8 cm³/mol. The Morgan fingerprint density at radius 1 is 1.64 bits per heavy atom. The van der Waals surface area contributed by atoms with Gasteiger partial charge < -0.3 is 5.11 Å². The number of alkyl halides is 3. The highest BCUT2D eigenvalue weighted by molar-refractivity contribution is 6.31. The SMILES string of the molecule is Cn1ncc(Cl)c1C(O)CC(F)(F)F. The summed E-state index contributed by atoms with van der Waals surface area (Å²) in [5, 5.41) is 12.9. The number of nitrogens with zero attached hydrogens (tertiary/aromatic N) is 2. The second-order valence-electron chi connectivity index (χ2n) is 2.84. The number of halogens is 4. The Morgan fingerprint density at radius 2 is 2.21 bits per heavy atom. The lowest BCUT2D eigenvalue weighted by Gasteiger charge is -2.13. The summed E-state index contributed by atoms with van der Waals surface area (Å²) in [6.45, 7) is 0. The van der Waals surface area contributed by atoms with Crippen molar-refractivity contribution in [3.05, 3.63) is 16.9 Å². The molecular formula is C7H8ClF3N2O. The van der Waals surface area contributed by atoms with Crippen molar-refractivity contribution in [3.63, 3.8) is 0 Å². The summed E-state index contributed by atoms with van der Waals surface area (Å²) in [5.41, 5.74) is -0.0241. The van der Waals surface area contributed by atoms with Crippen molar-refractivity contribution in [3.8, 4) is 0 Å². The van der Waals surface area contributed by atoms with E-state index in [1.165, 1.54) is 13.2 Å². The van der Waals surface area contributed by atoms with Gasteiger partial charge in [0.05, 0.1) is 23.3 Å². The molecule has 0 aliphatic rings. The fourth-order valence-electron chi connectivity index (χ4n) is 1.11. The molecule has 1 rings (SSSR count). The zero-order valence-electron chi connectivity index (χ0n) is 7.22. The third-order valence-corrected chi connectivity index (χ3v) is 1.97. The summed E-state index contributed by atoms with van der Waals surface area (Å²) >= 11 is 5.56. The topological polar surface area (TPSA) is 38.0 Å². The van der Waals surface area contributed by atoms with Gasteiger partial charge in [-0.05, 0) is 0 Å². The van der Waals surface area contributed by atoms with Gasteiger partial charge in [0, 0.05) is 7.05 Å². The van der Waals surface area contributed by atoms with E-state index in [-0.39, 0.29) is 10.7 Å². The highest BCUT2D eigenvalue weighted by Gasteiger charge is 2.33. The molecular weight excluding hydrogens is 221 g/mol. The predicted octanol–water partition coefficient (Wildman–Crippen LogP) is 2.06. The fraction of sp³-hybridized carbons (Fsp3) is 0.571. The van der Waals surface area contributed by atoms with E-state index in [0.717, 1.165) is 4.68 Å². The van der Waals surface area contributed by atoms with Crippen molar-refractivity contribution in [2.24, 2.45) is 7.05 Å². The number of hydrogen-bond donors (Lipinski definition) is 1. The Bertz CT molecular complexity index is 304. The van der Waals surface area contributed by atoms with Crippen LogP contribution in [0.25, 0.3) is 0 Å².